The van der Waals surface area contributed by atoms with E-state index in [4.69, 9.17) is 0 Å². The summed E-state index contributed by atoms with van der Waals surface area (Å²) < 4.78 is 2.45. The van der Waals surface area contributed by atoms with Gasteiger partial charge < -0.3 is 9.34 Å². The van der Waals surface area contributed by atoms with E-state index in [0.29, 0.717) is 0 Å². The number of fused-ring (bicyclic) bond motifs is 1. The van der Waals surface area contributed by atoms with E-state index in [0.717, 1.165) is 16.5 Å². The third-order valence-corrected chi connectivity index (χ3v) is 10.7. The standard InChI is InChI=1S/C20H26N2OSi/c1-20(2,3)24(4,5)22-14-17(16-8-6-7-9-18(16)22)19(23)15-10-12-21-13-11-15/h6-14,19,23H,1-5H3. The van der Waals surface area contributed by atoms with Gasteiger partial charge in [0.15, 0.2) is 8.24 Å². The van der Waals surface area contributed by atoms with Gasteiger partial charge in [-0.1, -0.05) is 52.1 Å². The molecule has 0 spiro atoms. The van der Waals surface area contributed by atoms with Gasteiger partial charge >= 0.3 is 0 Å². The Kier molecular flexibility index (Phi) is 4.14. The van der Waals surface area contributed by atoms with Gasteiger partial charge in [-0.25, -0.2) is 0 Å². The Bertz CT molecular complexity index is 847. The molecule has 126 valence electrons. The second-order valence-electron chi connectivity index (χ2n) is 7.96. The summed E-state index contributed by atoms with van der Waals surface area (Å²) in [6, 6.07) is 12.2. The van der Waals surface area contributed by atoms with Crippen molar-refractivity contribution in [3.63, 3.8) is 0 Å². The van der Waals surface area contributed by atoms with Crippen molar-refractivity contribution in [3.8, 4) is 0 Å². The lowest BCUT2D eigenvalue weighted by atomic mass is 10.0. The lowest BCUT2D eigenvalue weighted by Crippen LogP contribution is -2.44. The second-order valence-corrected chi connectivity index (χ2v) is 13.1. The monoisotopic (exact) mass is 338 g/mol. The van der Waals surface area contributed by atoms with Gasteiger partial charge in [0.05, 0.1) is 0 Å². The maximum Gasteiger partial charge on any atom is 0.161 e. The molecule has 0 aliphatic rings. The zero-order valence-electron chi connectivity index (χ0n) is 15.1. The van der Waals surface area contributed by atoms with Crippen LogP contribution in [0.1, 0.15) is 38.0 Å². The van der Waals surface area contributed by atoms with Gasteiger partial charge in [0.25, 0.3) is 0 Å². The van der Waals surface area contributed by atoms with E-state index >= 15 is 0 Å². The van der Waals surface area contributed by atoms with Crippen molar-refractivity contribution in [2.45, 2.75) is 45.0 Å². The van der Waals surface area contributed by atoms with Crippen LogP contribution >= 0.6 is 0 Å². The number of hydrogen-bond donors (Lipinski definition) is 1. The molecule has 3 nitrogen and oxygen atoms in total. The Morgan fingerprint density at radius 3 is 2.29 bits per heavy atom. The molecule has 0 bridgehead atoms. The lowest BCUT2D eigenvalue weighted by Gasteiger charge is -2.38. The quantitative estimate of drug-likeness (QED) is 0.685. The number of hydrogen-bond acceptors (Lipinski definition) is 2. The van der Waals surface area contributed by atoms with E-state index in [-0.39, 0.29) is 5.04 Å². The molecule has 0 aliphatic heterocycles. The first-order valence-corrected chi connectivity index (χ1v) is 11.4. The molecule has 2 heterocycles. The first-order valence-electron chi connectivity index (χ1n) is 8.42. The van der Waals surface area contributed by atoms with Gasteiger partial charge in [0, 0.05) is 35.1 Å². The summed E-state index contributed by atoms with van der Waals surface area (Å²) >= 11 is 0. The molecule has 2 aromatic heterocycles. The fourth-order valence-corrected chi connectivity index (χ4v) is 4.95. The number of nitrogens with zero attached hydrogens (tertiary/aromatic N) is 2. The van der Waals surface area contributed by atoms with E-state index in [1.807, 2.05) is 18.2 Å². The second kappa shape index (κ2) is 5.87. The molecule has 0 saturated carbocycles. The van der Waals surface area contributed by atoms with Crippen LogP contribution in [-0.4, -0.2) is 22.6 Å². The van der Waals surface area contributed by atoms with Gasteiger partial charge in [-0.2, -0.15) is 0 Å². The topological polar surface area (TPSA) is 38.0 Å². The first kappa shape index (κ1) is 16.9. The van der Waals surface area contributed by atoms with Crippen molar-refractivity contribution < 1.29 is 5.11 Å². The van der Waals surface area contributed by atoms with Crippen LogP contribution in [0.5, 0.6) is 0 Å². The molecular weight excluding hydrogens is 312 g/mol. The maximum atomic E-state index is 10.9. The highest BCUT2D eigenvalue weighted by Crippen LogP contribution is 2.41. The Hall–Kier alpha value is -1.91. The molecule has 3 aromatic rings. The Labute approximate surface area is 145 Å². The molecule has 3 rings (SSSR count). The van der Waals surface area contributed by atoms with Gasteiger partial charge in [0.1, 0.15) is 6.10 Å². The van der Waals surface area contributed by atoms with Crippen molar-refractivity contribution in [1.29, 1.82) is 0 Å². The summed E-state index contributed by atoms with van der Waals surface area (Å²) in [5.74, 6) is 0. The van der Waals surface area contributed by atoms with Gasteiger partial charge in [-0.3, -0.25) is 4.98 Å². The summed E-state index contributed by atoms with van der Waals surface area (Å²) in [4.78, 5) is 4.05. The molecular formula is C20H26N2OSi. The summed E-state index contributed by atoms with van der Waals surface area (Å²) in [6.45, 7) is 11.7. The van der Waals surface area contributed by atoms with Crippen LogP contribution in [0.2, 0.25) is 18.1 Å². The molecule has 1 atom stereocenters. The Balaban J connectivity index is 2.21. The minimum atomic E-state index is -1.78. The summed E-state index contributed by atoms with van der Waals surface area (Å²) in [5.41, 5.74) is 3.07. The number of aromatic nitrogens is 2. The molecule has 0 saturated heterocycles. The SMILES string of the molecule is CC(C)(C)[Si](C)(C)n1cc(C(O)c2ccncc2)c2ccccc21. The lowest BCUT2D eigenvalue weighted by molar-refractivity contribution is 0.221. The number of rotatable bonds is 3. The number of aliphatic hydroxyl groups excluding tert-OH is 1. The molecule has 1 unspecified atom stereocenters. The Morgan fingerprint density at radius 2 is 1.67 bits per heavy atom. The molecule has 0 aliphatic carbocycles. The highest BCUT2D eigenvalue weighted by atomic mass is 28.3. The van der Waals surface area contributed by atoms with Gasteiger partial charge in [-0.15, -0.1) is 0 Å². The van der Waals surface area contributed by atoms with E-state index in [9.17, 15) is 5.11 Å². The third-order valence-electron chi connectivity index (χ3n) is 5.50. The van der Waals surface area contributed by atoms with E-state index < -0.39 is 14.3 Å². The molecule has 0 radical (unpaired) electrons. The molecule has 24 heavy (non-hydrogen) atoms. The average molecular weight is 339 g/mol. The number of para-hydroxylation sites is 1. The zero-order valence-corrected chi connectivity index (χ0v) is 16.1. The number of aliphatic hydroxyl groups is 1. The predicted molar refractivity (Wildman–Crippen MR) is 103 cm³/mol. The number of benzene rings is 1. The zero-order chi connectivity index (χ0) is 17.5. The van der Waals surface area contributed by atoms with Crippen molar-refractivity contribution in [2.24, 2.45) is 0 Å². The van der Waals surface area contributed by atoms with Crippen LogP contribution in [-0.2, 0) is 0 Å². The molecule has 1 aromatic carbocycles. The highest BCUT2D eigenvalue weighted by Gasteiger charge is 2.39. The summed E-state index contributed by atoms with van der Waals surface area (Å²) in [5, 5.41) is 12.3. The number of pyridine rings is 1. The average Bonchev–Trinajstić information content (AvgIpc) is 2.94. The first-order chi connectivity index (χ1) is 11.2. The fourth-order valence-electron chi connectivity index (χ4n) is 2.97. The highest BCUT2D eigenvalue weighted by molar-refractivity contribution is 6.79. The predicted octanol–water partition coefficient (Wildman–Crippen LogP) is 4.97. The minimum absolute atomic E-state index is 0.216. The van der Waals surface area contributed by atoms with E-state index in [1.54, 1.807) is 12.4 Å². The largest absolute Gasteiger partial charge is 0.384 e. The van der Waals surface area contributed by atoms with Crippen molar-refractivity contribution in [1.82, 2.24) is 9.22 Å². The molecule has 0 fully saturated rings. The van der Waals surface area contributed by atoms with Crippen molar-refractivity contribution in [3.05, 3.63) is 66.1 Å². The Morgan fingerprint density at radius 1 is 1.04 bits per heavy atom. The summed E-state index contributed by atoms with van der Waals surface area (Å²) in [7, 11) is -1.78. The van der Waals surface area contributed by atoms with E-state index in [2.05, 4.69) is 67.5 Å². The minimum Gasteiger partial charge on any atom is -0.384 e. The smallest absolute Gasteiger partial charge is 0.161 e. The van der Waals surface area contributed by atoms with Crippen LogP contribution < -0.4 is 0 Å². The van der Waals surface area contributed by atoms with Crippen molar-refractivity contribution >= 4 is 19.1 Å². The van der Waals surface area contributed by atoms with Gasteiger partial charge in [0.2, 0.25) is 0 Å². The molecule has 4 heteroatoms. The van der Waals surface area contributed by atoms with E-state index in [1.165, 1.54) is 5.52 Å². The normalized spacial score (nSPS) is 14.1. The third kappa shape index (κ3) is 2.70. The molecule has 1 N–H and O–H groups in total. The van der Waals surface area contributed by atoms with Crippen molar-refractivity contribution in [2.75, 3.05) is 0 Å². The van der Waals surface area contributed by atoms with Crippen LogP contribution in [0.3, 0.4) is 0 Å². The van der Waals surface area contributed by atoms with Crippen LogP contribution in [0.25, 0.3) is 10.9 Å². The van der Waals surface area contributed by atoms with Gasteiger partial charge in [-0.05, 0) is 28.8 Å². The van der Waals surface area contributed by atoms with Crippen LogP contribution in [0.15, 0.2) is 55.0 Å². The maximum absolute atomic E-state index is 10.9. The molecule has 0 amide bonds. The fraction of sp³-hybridized carbons (Fsp3) is 0.350. The van der Waals surface area contributed by atoms with Crippen LogP contribution in [0.4, 0.5) is 0 Å². The van der Waals surface area contributed by atoms with Crippen LogP contribution in [0, 0.1) is 0 Å². The summed E-state index contributed by atoms with van der Waals surface area (Å²) in [6.07, 6.45) is 4.99.